The maximum Gasteiger partial charge on any atom is 0.228 e. The van der Waals surface area contributed by atoms with Crippen molar-refractivity contribution in [2.45, 2.75) is 32.1 Å². The quantitative estimate of drug-likeness (QED) is 0.887. The van der Waals surface area contributed by atoms with Gasteiger partial charge in [-0.05, 0) is 12.8 Å². The molecular weight excluding hydrogens is 259 g/mol. The number of pyridine rings is 1. The molecule has 0 unspecified atom stereocenters. The number of hydrogen-bond donors (Lipinski definition) is 1. The summed E-state index contributed by atoms with van der Waals surface area (Å²) in [6.45, 7) is 0. The lowest BCUT2D eigenvalue weighted by atomic mass is 9.89. The van der Waals surface area contributed by atoms with Crippen LogP contribution in [-0.4, -0.2) is 10.9 Å². The van der Waals surface area contributed by atoms with Crippen LogP contribution in [0.3, 0.4) is 0 Å². The molecule has 5 heteroatoms. The van der Waals surface area contributed by atoms with Gasteiger partial charge in [0.15, 0.2) is 0 Å². The number of aromatic nitrogens is 1. The fraction of sp³-hybridized carbons (Fsp3) is 0.500. The van der Waals surface area contributed by atoms with Crippen molar-refractivity contribution in [2.75, 3.05) is 5.32 Å². The first-order valence-electron chi connectivity index (χ1n) is 5.79. The molecule has 0 saturated heterocycles. The Kier molecular flexibility index (Phi) is 4.24. The number of carbonyl (C=O) groups is 1. The molecule has 0 radical (unpaired) electrons. The van der Waals surface area contributed by atoms with Crippen molar-refractivity contribution in [1.29, 1.82) is 0 Å². The Hall–Kier alpha value is -0.800. The molecule has 17 heavy (non-hydrogen) atoms. The fourth-order valence-electron chi connectivity index (χ4n) is 2.08. The average molecular weight is 273 g/mol. The molecule has 0 aliphatic heterocycles. The van der Waals surface area contributed by atoms with Gasteiger partial charge in [0.1, 0.15) is 5.82 Å². The SMILES string of the molecule is O=C(Nc1cc(Cl)c(Cl)cn1)C1CCCCC1. The number of carbonyl (C=O) groups excluding carboxylic acids is 1. The van der Waals surface area contributed by atoms with Crippen LogP contribution in [0, 0.1) is 5.92 Å². The Labute approximate surface area is 111 Å². The molecule has 92 valence electrons. The summed E-state index contributed by atoms with van der Waals surface area (Å²) in [5.41, 5.74) is 0. The van der Waals surface area contributed by atoms with E-state index in [0.29, 0.717) is 15.9 Å². The summed E-state index contributed by atoms with van der Waals surface area (Å²) < 4.78 is 0. The van der Waals surface area contributed by atoms with Crippen LogP contribution < -0.4 is 5.32 Å². The third kappa shape index (κ3) is 3.33. The summed E-state index contributed by atoms with van der Waals surface area (Å²) in [6.07, 6.45) is 6.87. The third-order valence-corrected chi connectivity index (χ3v) is 3.75. The Morgan fingerprint density at radius 1 is 1.24 bits per heavy atom. The van der Waals surface area contributed by atoms with Gasteiger partial charge in [-0.25, -0.2) is 4.98 Å². The van der Waals surface area contributed by atoms with Crippen molar-refractivity contribution >= 4 is 34.9 Å². The normalized spacial score (nSPS) is 16.8. The smallest absolute Gasteiger partial charge is 0.228 e. The monoisotopic (exact) mass is 272 g/mol. The highest BCUT2D eigenvalue weighted by Crippen LogP contribution is 2.26. The second-order valence-electron chi connectivity index (χ2n) is 4.31. The predicted octanol–water partition coefficient (Wildman–Crippen LogP) is 3.91. The molecule has 0 aromatic carbocycles. The van der Waals surface area contributed by atoms with Crippen LogP contribution >= 0.6 is 23.2 Å². The first-order chi connectivity index (χ1) is 8.16. The number of rotatable bonds is 2. The summed E-state index contributed by atoms with van der Waals surface area (Å²) in [5, 5.41) is 3.58. The average Bonchev–Trinajstić information content (AvgIpc) is 2.35. The van der Waals surface area contributed by atoms with Gasteiger partial charge in [-0.2, -0.15) is 0 Å². The highest BCUT2D eigenvalue weighted by Gasteiger charge is 2.21. The number of halogens is 2. The molecule has 0 bridgehead atoms. The molecule has 1 N–H and O–H groups in total. The Morgan fingerprint density at radius 3 is 2.59 bits per heavy atom. The van der Waals surface area contributed by atoms with E-state index in [1.165, 1.54) is 12.6 Å². The molecule has 0 spiro atoms. The van der Waals surface area contributed by atoms with Crippen LogP contribution in [0.5, 0.6) is 0 Å². The van der Waals surface area contributed by atoms with Crippen molar-refractivity contribution in [3.8, 4) is 0 Å². The Balaban J connectivity index is 1.99. The zero-order valence-corrected chi connectivity index (χ0v) is 10.9. The van der Waals surface area contributed by atoms with Crippen LogP contribution in [0.2, 0.25) is 10.0 Å². The Bertz CT molecular complexity index is 417. The van der Waals surface area contributed by atoms with E-state index >= 15 is 0 Å². The van der Waals surface area contributed by atoms with E-state index in [-0.39, 0.29) is 11.8 Å². The van der Waals surface area contributed by atoms with Gasteiger partial charge >= 0.3 is 0 Å². The molecule has 3 nitrogen and oxygen atoms in total. The minimum absolute atomic E-state index is 0.0376. The molecule has 1 aliphatic rings. The van der Waals surface area contributed by atoms with E-state index in [2.05, 4.69) is 10.3 Å². The van der Waals surface area contributed by atoms with E-state index in [9.17, 15) is 4.79 Å². The van der Waals surface area contributed by atoms with E-state index in [1.807, 2.05) is 0 Å². The predicted molar refractivity (Wildman–Crippen MR) is 69.5 cm³/mol. The van der Waals surface area contributed by atoms with Gasteiger partial charge in [0.05, 0.1) is 10.0 Å². The highest BCUT2D eigenvalue weighted by atomic mass is 35.5. The van der Waals surface area contributed by atoms with Crippen molar-refractivity contribution in [1.82, 2.24) is 4.98 Å². The van der Waals surface area contributed by atoms with Crippen LogP contribution in [-0.2, 0) is 4.79 Å². The van der Waals surface area contributed by atoms with Gasteiger partial charge in [-0.1, -0.05) is 42.5 Å². The van der Waals surface area contributed by atoms with E-state index in [1.54, 1.807) is 6.07 Å². The standard InChI is InChI=1S/C12H14Cl2N2O/c13-9-6-11(15-7-10(9)14)16-12(17)8-4-2-1-3-5-8/h6-8H,1-5H2,(H,15,16,17). The van der Waals surface area contributed by atoms with Crippen LogP contribution in [0.1, 0.15) is 32.1 Å². The molecule has 1 heterocycles. The lowest BCUT2D eigenvalue weighted by Crippen LogP contribution is -2.25. The summed E-state index contributed by atoms with van der Waals surface area (Å²) in [4.78, 5) is 16.0. The van der Waals surface area contributed by atoms with E-state index in [0.717, 1.165) is 25.7 Å². The first kappa shape index (κ1) is 12.7. The van der Waals surface area contributed by atoms with Gasteiger partial charge in [-0.15, -0.1) is 0 Å². The van der Waals surface area contributed by atoms with Crippen molar-refractivity contribution in [3.63, 3.8) is 0 Å². The molecule has 1 aromatic rings. The molecule has 0 atom stereocenters. The summed E-state index contributed by atoms with van der Waals surface area (Å²) >= 11 is 11.6. The maximum absolute atomic E-state index is 11.9. The van der Waals surface area contributed by atoms with Crippen LogP contribution in [0.4, 0.5) is 5.82 Å². The van der Waals surface area contributed by atoms with Gasteiger partial charge in [-0.3, -0.25) is 4.79 Å². The Morgan fingerprint density at radius 2 is 1.94 bits per heavy atom. The molecular formula is C12H14Cl2N2O. The van der Waals surface area contributed by atoms with Crippen molar-refractivity contribution in [2.24, 2.45) is 5.92 Å². The zero-order chi connectivity index (χ0) is 12.3. The lowest BCUT2D eigenvalue weighted by molar-refractivity contribution is -0.120. The highest BCUT2D eigenvalue weighted by molar-refractivity contribution is 6.42. The number of amides is 1. The second kappa shape index (κ2) is 5.69. The topological polar surface area (TPSA) is 42.0 Å². The zero-order valence-electron chi connectivity index (χ0n) is 9.38. The molecule has 1 aromatic heterocycles. The summed E-state index contributed by atoms with van der Waals surface area (Å²) in [5.74, 6) is 0.616. The lowest BCUT2D eigenvalue weighted by Gasteiger charge is -2.20. The van der Waals surface area contributed by atoms with Gasteiger partial charge in [0, 0.05) is 18.2 Å². The second-order valence-corrected chi connectivity index (χ2v) is 5.12. The van der Waals surface area contributed by atoms with Gasteiger partial charge in [0.25, 0.3) is 0 Å². The summed E-state index contributed by atoms with van der Waals surface area (Å²) in [6, 6.07) is 1.57. The first-order valence-corrected chi connectivity index (χ1v) is 6.54. The van der Waals surface area contributed by atoms with Gasteiger partial charge < -0.3 is 5.32 Å². The van der Waals surface area contributed by atoms with E-state index < -0.39 is 0 Å². The molecule has 1 amide bonds. The molecule has 1 fully saturated rings. The third-order valence-electron chi connectivity index (χ3n) is 3.04. The number of hydrogen-bond acceptors (Lipinski definition) is 2. The van der Waals surface area contributed by atoms with Crippen LogP contribution in [0.25, 0.3) is 0 Å². The number of nitrogens with one attached hydrogen (secondary N) is 1. The minimum atomic E-state index is 0.0376. The number of nitrogens with zero attached hydrogens (tertiary/aromatic N) is 1. The largest absolute Gasteiger partial charge is 0.310 e. The molecule has 2 rings (SSSR count). The number of anilines is 1. The fourth-order valence-corrected chi connectivity index (χ4v) is 2.33. The molecule has 1 saturated carbocycles. The van der Waals surface area contributed by atoms with Gasteiger partial charge in [0.2, 0.25) is 5.91 Å². The van der Waals surface area contributed by atoms with Crippen molar-refractivity contribution < 1.29 is 4.79 Å². The maximum atomic E-state index is 11.9. The van der Waals surface area contributed by atoms with E-state index in [4.69, 9.17) is 23.2 Å². The van der Waals surface area contributed by atoms with Crippen LogP contribution in [0.15, 0.2) is 12.3 Å². The summed E-state index contributed by atoms with van der Waals surface area (Å²) in [7, 11) is 0. The van der Waals surface area contributed by atoms with Crippen molar-refractivity contribution in [3.05, 3.63) is 22.3 Å². The minimum Gasteiger partial charge on any atom is -0.310 e. The molecule has 1 aliphatic carbocycles.